The van der Waals surface area contributed by atoms with Crippen LogP contribution >= 0.6 is 0 Å². The van der Waals surface area contributed by atoms with Gasteiger partial charge in [0, 0.05) is 31.5 Å². The smallest absolute Gasteiger partial charge is 0.383 e. The number of pyridine rings is 1. The first-order valence-corrected chi connectivity index (χ1v) is 5.03. The van der Waals surface area contributed by atoms with Crippen LogP contribution in [0.5, 0.6) is 0 Å². The zero-order valence-electron chi connectivity index (χ0n) is 9.34. The van der Waals surface area contributed by atoms with E-state index in [-0.39, 0.29) is 6.61 Å². The van der Waals surface area contributed by atoms with Gasteiger partial charge in [-0.2, -0.15) is 13.2 Å². The lowest BCUT2D eigenvalue weighted by atomic mass is 10.4. The maximum atomic E-state index is 11.7. The number of halogens is 3. The Balaban J connectivity index is 2.22. The van der Waals surface area contributed by atoms with Crippen LogP contribution in [0.4, 0.5) is 24.7 Å². The molecule has 0 radical (unpaired) electrons. The van der Waals surface area contributed by atoms with Crippen molar-refractivity contribution in [1.82, 2.24) is 4.98 Å². The van der Waals surface area contributed by atoms with Gasteiger partial charge in [-0.15, -0.1) is 0 Å². The lowest BCUT2D eigenvalue weighted by Crippen LogP contribution is -2.20. The Morgan fingerprint density at radius 3 is 2.82 bits per heavy atom. The standard InChI is InChI=1S/C10H14F3N3O/c1-14-9-6-8(2-3-16-9)15-4-5-17-7-10(11,12)13/h2-3,6H,4-5,7H2,1H3,(H2,14,15,16). The van der Waals surface area contributed by atoms with Gasteiger partial charge in [0.05, 0.1) is 6.61 Å². The quantitative estimate of drug-likeness (QED) is 0.758. The SMILES string of the molecule is CNc1cc(NCCOCC(F)(F)F)ccn1. The van der Waals surface area contributed by atoms with Gasteiger partial charge in [0.1, 0.15) is 12.4 Å². The zero-order valence-corrected chi connectivity index (χ0v) is 9.34. The summed E-state index contributed by atoms with van der Waals surface area (Å²) in [7, 11) is 1.73. The van der Waals surface area contributed by atoms with Crippen molar-refractivity contribution in [2.24, 2.45) is 0 Å². The number of aromatic nitrogens is 1. The molecular weight excluding hydrogens is 235 g/mol. The normalized spacial score (nSPS) is 11.3. The van der Waals surface area contributed by atoms with E-state index >= 15 is 0 Å². The monoisotopic (exact) mass is 249 g/mol. The molecule has 0 bridgehead atoms. The van der Waals surface area contributed by atoms with E-state index in [0.29, 0.717) is 12.4 Å². The van der Waals surface area contributed by atoms with Crippen LogP contribution in [0.2, 0.25) is 0 Å². The largest absolute Gasteiger partial charge is 0.411 e. The maximum Gasteiger partial charge on any atom is 0.411 e. The highest BCUT2D eigenvalue weighted by molar-refractivity contribution is 5.51. The number of hydrogen-bond acceptors (Lipinski definition) is 4. The third-order valence-electron chi connectivity index (χ3n) is 1.86. The van der Waals surface area contributed by atoms with Crippen LogP contribution in [0.25, 0.3) is 0 Å². The highest BCUT2D eigenvalue weighted by atomic mass is 19.4. The van der Waals surface area contributed by atoms with Gasteiger partial charge in [-0.25, -0.2) is 4.98 Å². The van der Waals surface area contributed by atoms with E-state index in [2.05, 4.69) is 20.4 Å². The van der Waals surface area contributed by atoms with Crippen molar-refractivity contribution < 1.29 is 17.9 Å². The lowest BCUT2D eigenvalue weighted by Gasteiger charge is -2.09. The highest BCUT2D eigenvalue weighted by Crippen LogP contribution is 2.14. The van der Waals surface area contributed by atoms with Crippen molar-refractivity contribution in [1.29, 1.82) is 0 Å². The number of hydrogen-bond donors (Lipinski definition) is 2. The summed E-state index contributed by atoms with van der Waals surface area (Å²) >= 11 is 0. The summed E-state index contributed by atoms with van der Waals surface area (Å²) in [5.41, 5.74) is 0.778. The van der Waals surface area contributed by atoms with E-state index in [1.807, 2.05) is 0 Å². The Labute approximate surface area is 97.2 Å². The minimum atomic E-state index is -4.27. The Morgan fingerprint density at radius 1 is 1.41 bits per heavy atom. The molecule has 0 aliphatic carbocycles. The van der Waals surface area contributed by atoms with Crippen LogP contribution in [0, 0.1) is 0 Å². The molecule has 0 fully saturated rings. The molecule has 2 N–H and O–H groups in total. The van der Waals surface area contributed by atoms with Crippen molar-refractivity contribution in [2.75, 3.05) is 37.4 Å². The molecule has 96 valence electrons. The molecule has 0 aliphatic rings. The number of rotatable bonds is 6. The molecule has 1 heterocycles. The van der Waals surface area contributed by atoms with E-state index in [9.17, 15) is 13.2 Å². The van der Waals surface area contributed by atoms with Crippen LogP contribution in [-0.2, 0) is 4.74 Å². The first kappa shape index (κ1) is 13.6. The summed E-state index contributed by atoms with van der Waals surface area (Å²) in [6, 6.07) is 3.48. The maximum absolute atomic E-state index is 11.7. The van der Waals surface area contributed by atoms with Crippen molar-refractivity contribution >= 4 is 11.5 Å². The van der Waals surface area contributed by atoms with Crippen LogP contribution in [0.15, 0.2) is 18.3 Å². The highest BCUT2D eigenvalue weighted by Gasteiger charge is 2.27. The molecule has 7 heteroatoms. The summed E-state index contributed by atoms with van der Waals surface area (Å²) in [4.78, 5) is 4.00. The molecule has 1 rings (SSSR count). The van der Waals surface area contributed by atoms with Crippen LogP contribution in [0.3, 0.4) is 0 Å². The second-order valence-corrected chi connectivity index (χ2v) is 3.27. The molecule has 0 unspecified atom stereocenters. The van der Waals surface area contributed by atoms with Crippen LogP contribution < -0.4 is 10.6 Å². The van der Waals surface area contributed by atoms with E-state index in [1.165, 1.54) is 0 Å². The summed E-state index contributed by atoms with van der Waals surface area (Å²) in [5.74, 6) is 0.686. The summed E-state index contributed by atoms with van der Waals surface area (Å²) in [6.07, 6.45) is -2.67. The fraction of sp³-hybridized carbons (Fsp3) is 0.500. The molecule has 0 aromatic carbocycles. The number of nitrogens with zero attached hydrogens (tertiary/aromatic N) is 1. The minimum absolute atomic E-state index is 0.00325. The topological polar surface area (TPSA) is 46.2 Å². The van der Waals surface area contributed by atoms with Crippen molar-refractivity contribution in [3.05, 3.63) is 18.3 Å². The summed E-state index contributed by atoms with van der Waals surface area (Å²) < 4.78 is 39.7. The van der Waals surface area contributed by atoms with Gasteiger partial charge in [0.15, 0.2) is 0 Å². The van der Waals surface area contributed by atoms with E-state index in [1.54, 1.807) is 25.4 Å². The average molecular weight is 249 g/mol. The van der Waals surface area contributed by atoms with E-state index in [4.69, 9.17) is 0 Å². The molecule has 0 aliphatic heterocycles. The molecule has 17 heavy (non-hydrogen) atoms. The zero-order chi connectivity index (χ0) is 12.7. The third-order valence-corrected chi connectivity index (χ3v) is 1.86. The second-order valence-electron chi connectivity index (χ2n) is 3.27. The number of anilines is 2. The Morgan fingerprint density at radius 2 is 2.18 bits per heavy atom. The second kappa shape index (κ2) is 6.29. The van der Waals surface area contributed by atoms with Crippen molar-refractivity contribution in [3.8, 4) is 0 Å². The molecule has 0 spiro atoms. The van der Waals surface area contributed by atoms with Gasteiger partial charge in [-0.3, -0.25) is 0 Å². The molecule has 0 saturated heterocycles. The van der Waals surface area contributed by atoms with E-state index < -0.39 is 12.8 Å². The fourth-order valence-corrected chi connectivity index (χ4v) is 1.13. The first-order valence-electron chi connectivity index (χ1n) is 5.03. The molecule has 4 nitrogen and oxygen atoms in total. The predicted octanol–water partition coefficient (Wildman–Crippen LogP) is 2.11. The van der Waals surface area contributed by atoms with Crippen molar-refractivity contribution in [2.45, 2.75) is 6.18 Å². The Kier molecular flexibility index (Phi) is 5.02. The van der Waals surface area contributed by atoms with Gasteiger partial charge >= 0.3 is 6.18 Å². The van der Waals surface area contributed by atoms with Gasteiger partial charge in [-0.1, -0.05) is 0 Å². The van der Waals surface area contributed by atoms with Crippen LogP contribution in [0.1, 0.15) is 0 Å². The van der Waals surface area contributed by atoms with Gasteiger partial charge in [0.25, 0.3) is 0 Å². The Bertz CT molecular complexity index is 344. The third kappa shape index (κ3) is 5.96. The predicted molar refractivity (Wildman–Crippen MR) is 59.1 cm³/mol. The molecule has 0 atom stereocenters. The fourth-order valence-electron chi connectivity index (χ4n) is 1.13. The van der Waals surface area contributed by atoms with Crippen molar-refractivity contribution in [3.63, 3.8) is 0 Å². The Hall–Kier alpha value is -1.50. The van der Waals surface area contributed by atoms with Gasteiger partial charge < -0.3 is 15.4 Å². The molecular formula is C10H14F3N3O. The molecule has 0 amide bonds. The minimum Gasteiger partial charge on any atom is -0.383 e. The summed E-state index contributed by atoms with van der Waals surface area (Å²) in [6.45, 7) is -0.910. The van der Waals surface area contributed by atoms with Gasteiger partial charge in [-0.05, 0) is 6.07 Å². The van der Waals surface area contributed by atoms with Gasteiger partial charge in [0.2, 0.25) is 0 Å². The number of nitrogens with one attached hydrogen (secondary N) is 2. The number of ether oxygens (including phenoxy) is 1. The first-order chi connectivity index (χ1) is 8.01. The molecule has 1 aromatic rings. The van der Waals surface area contributed by atoms with Crippen LogP contribution in [-0.4, -0.2) is 38.0 Å². The molecule has 0 saturated carbocycles. The number of alkyl halides is 3. The summed E-state index contributed by atoms with van der Waals surface area (Å²) in [5, 5.41) is 5.79. The molecule has 1 aromatic heterocycles. The average Bonchev–Trinajstić information content (AvgIpc) is 2.27. The lowest BCUT2D eigenvalue weighted by molar-refractivity contribution is -0.172. The van der Waals surface area contributed by atoms with E-state index in [0.717, 1.165) is 5.69 Å².